The Hall–Kier alpha value is -1.20. The van der Waals surface area contributed by atoms with Crippen LogP contribution in [0.15, 0.2) is 24.4 Å². The SMILES string of the molecule is C=C/C=C(/C)NCCOCCOCCOCCOCCOCCOCCOCCOCCOCCOCCOCCOC. The van der Waals surface area contributed by atoms with E-state index in [1.54, 1.807) is 13.2 Å². The smallest absolute Gasteiger partial charge is 0.0701 e. The molecule has 0 saturated heterocycles. The van der Waals surface area contributed by atoms with Crippen LogP contribution in [0.1, 0.15) is 6.92 Å². The number of allylic oxidation sites excluding steroid dienone is 3. The van der Waals surface area contributed by atoms with Crippen molar-refractivity contribution < 1.29 is 56.8 Å². The average Bonchev–Trinajstić information content (AvgIpc) is 3.01. The Morgan fingerprint density at radius 1 is 0.419 bits per heavy atom. The van der Waals surface area contributed by atoms with Gasteiger partial charge in [-0.2, -0.15) is 0 Å². The molecule has 0 spiro atoms. The summed E-state index contributed by atoms with van der Waals surface area (Å²) in [6.07, 6.45) is 3.67. The van der Waals surface area contributed by atoms with Gasteiger partial charge in [0.05, 0.1) is 152 Å². The van der Waals surface area contributed by atoms with Crippen LogP contribution >= 0.6 is 0 Å². The number of hydrogen-bond donors (Lipinski definition) is 1. The molecule has 0 rings (SSSR count). The fourth-order valence-electron chi connectivity index (χ4n) is 3.00. The van der Waals surface area contributed by atoms with Gasteiger partial charge in [0.2, 0.25) is 0 Å². The Balaban J connectivity index is 3.06. The third-order valence-corrected chi connectivity index (χ3v) is 5.17. The fourth-order valence-corrected chi connectivity index (χ4v) is 3.00. The van der Waals surface area contributed by atoms with Gasteiger partial charge in [-0.3, -0.25) is 0 Å². The lowest BCUT2D eigenvalue weighted by atomic mass is 10.4. The quantitative estimate of drug-likeness (QED) is 0.0788. The van der Waals surface area contributed by atoms with Crippen LogP contribution in [-0.2, 0) is 56.8 Å². The Morgan fingerprint density at radius 2 is 0.651 bits per heavy atom. The topological polar surface area (TPSA) is 123 Å². The average molecular weight is 626 g/mol. The third kappa shape index (κ3) is 38.8. The van der Waals surface area contributed by atoms with E-state index in [4.69, 9.17) is 56.8 Å². The lowest BCUT2D eigenvalue weighted by molar-refractivity contribution is -0.0279. The molecule has 0 fully saturated rings. The molecular weight excluding hydrogens is 566 g/mol. The largest absolute Gasteiger partial charge is 0.386 e. The van der Waals surface area contributed by atoms with Gasteiger partial charge in [-0.1, -0.05) is 12.7 Å². The van der Waals surface area contributed by atoms with Gasteiger partial charge < -0.3 is 62.2 Å². The van der Waals surface area contributed by atoms with Gasteiger partial charge in [-0.05, 0) is 13.0 Å². The molecule has 0 aromatic heterocycles. The van der Waals surface area contributed by atoms with Gasteiger partial charge in [0, 0.05) is 19.4 Å². The lowest BCUT2D eigenvalue weighted by Gasteiger charge is -2.09. The third-order valence-electron chi connectivity index (χ3n) is 5.17. The van der Waals surface area contributed by atoms with Crippen LogP contribution in [0.4, 0.5) is 0 Å². The predicted octanol–water partition coefficient (Wildman–Crippen LogP) is 1.49. The van der Waals surface area contributed by atoms with Crippen molar-refractivity contribution >= 4 is 0 Å². The first-order valence-electron chi connectivity index (χ1n) is 15.2. The maximum Gasteiger partial charge on any atom is 0.0701 e. The molecule has 0 aliphatic heterocycles. The maximum atomic E-state index is 5.49. The zero-order chi connectivity index (χ0) is 31.2. The summed E-state index contributed by atoms with van der Waals surface area (Å²) in [4.78, 5) is 0. The molecule has 256 valence electrons. The fraction of sp³-hybridized carbons (Fsp3) is 0.867. The van der Waals surface area contributed by atoms with Crippen LogP contribution in [0.5, 0.6) is 0 Å². The van der Waals surface area contributed by atoms with E-state index < -0.39 is 0 Å². The summed E-state index contributed by atoms with van der Waals surface area (Å²) in [6, 6.07) is 0. The highest BCUT2D eigenvalue weighted by Gasteiger charge is 1.96. The Morgan fingerprint density at radius 3 is 0.884 bits per heavy atom. The molecule has 0 amide bonds. The van der Waals surface area contributed by atoms with E-state index in [1.165, 1.54) is 0 Å². The minimum atomic E-state index is 0.513. The standard InChI is InChI=1S/C30H59NO12/c1-4-5-30(2)31-6-7-33-10-11-35-14-15-37-18-19-39-22-23-41-26-27-43-29-28-42-25-24-40-21-20-38-17-16-36-13-12-34-9-8-32-3/h4-5,31H,1,6-29H2,2-3H3/b30-5-. The van der Waals surface area contributed by atoms with Crippen LogP contribution in [0.2, 0.25) is 0 Å². The van der Waals surface area contributed by atoms with Crippen LogP contribution in [0.3, 0.4) is 0 Å². The Kier molecular flexibility index (Phi) is 37.7. The molecule has 13 nitrogen and oxygen atoms in total. The van der Waals surface area contributed by atoms with E-state index >= 15 is 0 Å². The summed E-state index contributed by atoms with van der Waals surface area (Å²) >= 11 is 0. The highest BCUT2D eigenvalue weighted by atomic mass is 16.6. The number of methoxy groups -OCH3 is 1. The Labute approximate surface area is 259 Å². The first-order chi connectivity index (χ1) is 21.3. The van der Waals surface area contributed by atoms with Crippen molar-refractivity contribution in [1.29, 1.82) is 0 Å². The molecule has 0 radical (unpaired) electrons. The molecule has 0 unspecified atom stereocenters. The highest BCUT2D eigenvalue weighted by molar-refractivity contribution is 5.05. The van der Waals surface area contributed by atoms with Crippen molar-refractivity contribution in [2.45, 2.75) is 6.92 Å². The van der Waals surface area contributed by atoms with E-state index in [9.17, 15) is 0 Å². The van der Waals surface area contributed by atoms with Crippen molar-refractivity contribution in [3.63, 3.8) is 0 Å². The molecule has 0 aromatic rings. The summed E-state index contributed by atoms with van der Waals surface area (Å²) in [5.41, 5.74) is 1.07. The van der Waals surface area contributed by atoms with Crippen LogP contribution in [0.25, 0.3) is 0 Å². The molecule has 0 bridgehead atoms. The first-order valence-corrected chi connectivity index (χ1v) is 15.2. The molecule has 0 aromatic carbocycles. The first kappa shape index (κ1) is 41.8. The maximum absolute atomic E-state index is 5.49. The minimum absolute atomic E-state index is 0.513. The summed E-state index contributed by atoms with van der Waals surface area (Å²) in [7, 11) is 1.65. The second kappa shape index (κ2) is 38.8. The number of rotatable bonds is 38. The predicted molar refractivity (Wildman–Crippen MR) is 163 cm³/mol. The summed E-state index contributed by atoms with van der Waals surface area (Å²) < 4.78 is 64.8. The van der Waals surface area contributed by atoms with Crippen molar-refractivity contribution in [3.05, 3.63) is 24.4 Å². The van der Waals surface area contributed by atoms with E-state index in [-0.39, 0.29) is 0 Å². The number of ether oxygens (including phenoxy) is 12. The Bertz CT molecular complexity index is 571. The number of nitrogens with one attached hydrogen (secondary N) is 1. The van der Waals surface area contributed by atoms with Crippen molar-refractivity contribution in [3.8, 4) is 0 Å². The van der Waals surface area contributed by atoms with Crippen LogP contribution in [-0.4, -0.2) is 166 Å². The molecule has 0 saturated carbocycles. The van der Waals surface area contributed by atoms with E-state index in [2.05, 4.69) is 11.9 Å². The second-order valence-electron chi connectivity index (χ2n) is 8.74. The number of hydrogen-bond acceptors (Lipinski definition) is 13. The van der Waals surface area contributed by atoms with Crippen molar-refractivity contribution in [2.24, 2.45) is 0 Å². The van der Waals surface area contributed by atoms with Gasteiger partial charge in [0.1, 0.15) is 0 Å². The summed E-state index contributed by atoms with van der Waals surface area (Å²) in [5.74, 6) is 0. The van der Waals surface area contributed by atoms with Gasteiger partial charge in [-0.15, -0.1) is 0 Å². The van der Waals surface area contributed by atoms with Crippen molar-refractivity contribution in [2.75, 3.05) is 166 Å². The van der Waals surface area contributed by atoms with E-state index in [1.807, 2.05) is 13.0 Å². The zero-order valence-electron chi connectivity index (χ0n) is 26.7. The summed E-state index contributed by atoms with van der Waals surface area (Å²) in [6.45, 7) is 18.8. The van der Waals surface area contributed by atoms with E-state index in [0.29, 0.717) is 152 Å². The summed E-state index contributed by atoms with van der Waals surface area (Å²) in [5, 5.41) is 3.22. The molecule has 1 N–H and O–H groups in total. The normalized spacial score (nSPS) is 11.8. The van der Waals surface area contributed by atoms with E-state index in [0.717, 1.165) is 12.2 Å². The molecule has 0 heterocycles. The molecule has 0 aliphatic rings. The second-order valence-corrected chi connectivity index (χ2v) is 8.74. The molecular formula is C30H59NO12. The van der Waals surface area contributed by atoms with Gasteiger partial charge in [0.25, 0.3) is 0 Å². The molecule has 0 atom stereocenters. The van der Waals surface area contributed by atoms with Gasteiger partial charge >= 0.3 is 0 Å². The van der Waals surface area contributed by atoms with Crippen LogP contribution < -0.4 is 5.32 Å². The van der Waals surface area contributed by atoms with Gasteiger partial charge in [-0.25, -0.2) is 0 Å². The van der Waals surface area contributed by atoms with Crippen LogP contribution in [0, 0.1) is 0 Å². The molecule has 43 heavy (non-hydrogen) atoms. The van der Waals surface area contributed by atoms with Gasteiger partial charge in [0.15, 0.2) is 0 Å². The highest BCUT2D eigenvalue weighted by Crippen LogP contribution is 1.88. The molecule has 0 aliphatic carbocycles. The minimum Gasteiger partial charge on any atom is -0.386 e. The monoisotopic (exact) mass is 625 g/mol. The van der Waals surface area contributed by atoms with Crippen molar-refractivity contribution in [1.82, 2.24) is 5.32 Å². The molecule has 13 heteroatoms. The zero-order valence-corrected chi connectivity index (χ0v) is 26.7. The lowest BCUT2D eigenvalue weighted by Crippen LogP contribution is -2.19.